The third kappa shape index (κ3) is 4.59. The molecule has 0 saturated heterocycles. The zero-order valence-electron chi connectivity index (χ0n) is 19.9. The van der Waals surface area contributed by atoms with Gasteiger partial charge in [0.1, 0.15) is 35.6 Å². The lowest BCUT2D eigenvalue weighted by molar-refractivity contribution is -0.118. The molecule has 0 unspecified atom stereocenters. The van der Waals surface area contributed by atoms with Gasteiger partial charge in [-0.15, -0.1) is 0 Å². The molecule has 0 atom stereocenters. The zero-order chi connectivity index (χ0) is 25.1. The Balaban J connectivity index is 1.43. The van der Waals surface area contributed by atoms with Crippen molar-refractivity contribution < 1.29 is 23.6 Å². The Bertz CT molecular complexity index is 1320. The van der Waals surface area contributed by atoms with Gasteiger partial charge >= 0.3 is 5.97 Å². The van der Waals surface area contributed by atoms with Crippen molar-refractivity contribution in [3.8, 4) is 11.8 Å². The molecule has 3 aromatic rings. The third-order valence-corrected chi connectivity index (χ3v) is 5.82. The molecule has 0 radical (unpaired) electrons. The van der Waals surface area contributed by atoms with E-state index in [-0.39, 0.29) is 17.7 Å². The van der Waals surface area contributed by atoms with Gasteiger partial charge in [0.05, 0.1) is 28.2 Å². The summed E-state index contributed by atoms with van der Waals surface area (Å²) in [5, 5.41) is 13.6. The van der Waals surface area contributed by atoms with E-state index >= 15 is 0 Å². The lowest BCUT2D eigenvalue weighted by atomic mass is 10.1. The smallest absolute Gasteiger partial charge is 0.338 e. The maximum atomic E-state index is 12.9. The van der Waals surface area contributed by atoms with Crippen molar-refractivity contribution in [2.45, 2.75) is 20.5 Å². The van der Waals surface area contributed by atoms with Gasteiger partial charge in [-0.2, -0.15) is 5.26 Å². The number of nitrogens with zero attached hydrogens (tertiary/aromatic N) is 4. The molecular weight excluding hydrogens is 448 g/mol. The molecule has 35 heavy (non-hydrogen) atoms. The summed E-state index contributed by atoms with van der Waals surface area (Å²) in [6.45, 7) is 3.30. The van der Waals surface area contributed by atoms with Crippen molar-refractivity contribution in [1.29, 1.82) is 5.26 Å². The quantitative estimate of drug-likeness (QED) is 0.287. The SMILES string of the molecule is Cc1noc(C)c1COc1cccc(C(=O)OCC(=O)C(C#N)=C2N(C)c3ccccc3N2C)c1. The maximum Gasteiger partial charge on any atom is 0.338 e. The van der Waals surface area contributed by atoms with Crippen LogP contribution in [0.1, 0.15) is 27.4 Å². The summed E-state index contributed by atoms with van der Waals surface area (Å²) < 4.78 is 16.1. The van der Waals surface area contributed by atoms with Crippen LogP contribution >= 0.6 is 0 Å². The standard InChI is InChI=1S/C26H24N4O5/c1-16-21(17(2)35-28-16)14-33-19-9-7-8-18(12-19)26(32)34-15-24(31)20(13-27)25-29(3)22-10-5-6-11-23(22)30(25)4/h5-12H,14-15H2,1-4H3. The fraction of sp³-hybridized carbons (Fsp3) is 0.231. The summed E-state index contributed by atoms with van der Waals surface area (Å²) >= 11 is 0. The molecule has 0 amide bonds. The lowest BCUT2D eigenvalue weighted by Crippen LogP contribution is -2.27. The molecule has 1 aliphatic rings. The van der Waals surface area contributed by atoms with E-state index in [4.69, 9.17) is 14.0 Å². The molecule has 9 heteroatoms. The lowest BCUT2D eigenvalue weighted by Gasteiger charge is -2.19. The monoisotopic (exact) mass is 472 g/mol. The first kappa shape index (κ1) is 23.6. The topological polar surface area (TPSA) is 109 Å². The summed E-state index contributed by atoms with van der Waals surface area (Å²) in [5.74, 6) is 0.274. The number of aryl methyl sites for hydroxylation is 2. The van der Waals surface area contributed by atoms with Crippen molar-refractivity contribution >= 4 is 23.1 Å². The first-order valence-corrected chi connectivity index (χ1v) is 10.9. The van der Waals surface area contributed by atoms with Gasteiger partial charge in [0.2, 0.25) is 5.78 Å². The number of fused-ring (bicyclic) bond motifs is 1. The Kier molecular flexibility index (Phi) is 6.55. The number of carbonyl (C=O) groups is 2. The number of para-hydroxylation sites is 2. The van der Waals surface area contributed by atoms with Gasteiger partial charge in [-0.3, -0.25) is 4.79 Å². The molecule has 0 bridgehead atoms. The van der Waals surface area contributed by atoms with E-state index in [0.717, 1.165) is 22.6 Å². The van der Waals surface area contributed by atoms with E-state index in [0.29, 0.717) is 17.3 Å². The fourth-order valence-corrected chi connectivity index (χ4v) is 3.92. The zero-order valence-corrected chi connectivity index (χ0v) is 19.9. The highest BCUT2D eigenvalue weighted by atomic mass is 16.5. The van der Waals surface area contributed by atoms with Gasteiger partial charge in [0, 0.05) is 14.1 Å². The number of carbonyl (C=O) groups excluding carboxylic acids is 2. The van der Waals surface area contributed by atoms with Gasteiger partial charge in [0.15, 0.2) is 6.61 Å². The first-order valence-electron chi connectivity index (χ1n) is 10.9. The molecule has 2 heterocycles. The van der Waals surface area contributed by atoms with E-state index < -0.39 is 18.4 Å². The molecule has 1 aliphatic heterocycles. The van der Waals surface area contributed by atoms with Crippen molar-refractivity contribution in [1.82, 2.24) is 5.16 Å². The minimum atomic E-state index is -0.695. The number of ketones is 1. The van der Waals surface area contributed by atoms with E-state index in [1.165, 1.54) is 6.07 Å². The highest BCUT2D eigenvalue weighted by molar-refractivity contribution is 6.04. The molecule has 0 spiro atoms. The number of esters is 1. The highest BCUT2D eigenvalue weighted by Gasteiger charge is 2.31. The van der Waals surface area contributed by atoms with Crippen LogP contribution in [0.3, 0.4) is 0 Å². The second-order valence-corrected chi connectivity index (χ2v) is 8.04. The van der Waals surface area contributed by atoms with E-state index in [9.17, 15) is 14.9 Å². The highest BCUT2D eigenvalue weighted by Crippen LogP contribution is 2.40. The predicted octanol–water partition coefficient (Wildman–Crippen LogP) is 3.92. The molecule has 178 valence electrons. The number of anilines is 2. The fourth-order valence-electron chi connectivity index (χ4n) is 3.92. The first-order chi connectivity index (χ1) is 16.8. The van der Waals surface area contributed by atoms with Crippen molar-refractivity contribution in [3.63, 3.8) is 0 Å². The van der Waals surface area contributed by atoms with Crippen LogP contribution in [0.25, 0.3) is 0 Å². The van der Waals surface area contributed by atoms with E-state index in [1.807, 2.05) is 37.3 Å². The number of benzene rings is 2. The molecular formula is C26H24N4O5. The molecule has 2 aromatic carbocycles. The summed E-state index contributed by atoms with van der Waals surface area (Å²) in [6.07, 6.45) is 0. The Morgan fingerprint density at radius 1 is 1.06 bits per heavy atom. The van der Waals surface area contributed by atoms with Gasteiger partial charge in [-0.25, -0.2) is 4.79 Å². The molecule has 0 saturated carbocycles. The predicted molar refractivity (Wildman–Crippen MR) is 128 cm³/mol. The largest absolute Gasteiger partial charge is 0.489 e. The van der Waals surface area contributed by atoms with Crippen LogP contribution in [0.2, 0.25) is 0 Å². The Hall–Kier alpha value is -4.58. The molecule has 0 aliphatic carbocycles. The van der Waals surface area contributed by atoms with Crippen LogP contribution in [0.5, 0.6) is 5.75 Å². The van der Waals surface area contributed by atoms with Crippen LogP contribution in [0.15, 0.2) is 64.4 Å². The summed E-state index contributed by atoms with van der Waals surface area (Å²) in [5.41, 5.74) is 3.45. The molecule has 1 aromatic heterocycles. The number of rotatable bonds is 7. The summed E-state index contributed by atoms with van der Waals surface area (Å²) in [6, 6.07) is 16.0. The number of hydrogen-bond donors (Lipinski definition) is 0. The number of nitriles is 1. The van der Waals surface area contributed by atoms with Crippen LogP contribution in [0, 0.1) is 25.2 Å². The Labute approximate surface area is 202 Å². The van der Waals surface area contributed by atoms with Crippen molar-refractivity contribution in [2.75, 3.05) is 30.5 Å². The average molecular weight is 473 g/mol. The summed E-state index contributed by atoms with van der Waals surface area (Å²) in [4.78, 5) is 29.0. The van der Waals surface area contributed by atoms with Crippen LogP contribution in [0.4, 0.5) is 11.4 Å². The normalized spacial score (nSPS) is 12.3. The average Bonchev–Trinajstić information content (AvgIpc) is 3.32. The second-order valence-electron chi connectivity index (χ2n) is 8.04. The number of ether oxygens (including phenoxy) is 2. The van der Waals surface area contributed by atoms with Crippen LogP contribution < -0.4 is 14.5 Å². The van der Waals surface area contributed by atoms with Gasteiger partial charge in [-0.1, -0.05) is 23.4 Å². The molecule has 9 nitrogen and oxygen atoms in total. The van der Waals surface area contributed by atoms with Gasteiger partial charge in [-0.05, 0) is 44.2 Å². The number of aromatic nitrogens is 1. The van der Waals surface area contributed by atoms with Gasteiger partial charge in [0.25, 0.3) is 0 Å². The minimum absolute atomic E-state index is 0.0875. The number of hydrogen-bond acceptors (Lipinski definition) is 9. The molecule has 4 rings (SSSR count). The molecule has 0 N–H and O–H groups in total. The summed E-state index contributed by atoms with van der Waals surface area (Å²) in [7, 11) is 3.56. The Morgan fingerprint density at radius 2 is 1.74 bits per heavy atom. The second kappa shape index (κ2) is 9.73. The van der Waals surface area contributed by atoms with Crippen molar-refractivity contribution in [3.05, 3.63) is 82.5 Å². The minimum Gasteiger partial charge on any atom is -0.489 e. The van der Waals surface area contributed by atoms with Crippen LogP contribution in [-0.2, 0) is 16.1 Å². The van der Waals surface area contributed by atoms with Crippen LogP contribution in [-0.4, -0.2) is 37.6 Å². The van der Waals surface area contributed by atoms with Gasteiger partial charge < -0.3 is 23.8 Å². The molecule has 0 fully saturated rings. The third-order valence-electron chi connectivity index (χ3n) is 5.82. The van der Waals surface area contributed by atoms with Crippen molar-refractivity contribution in [2.24, 2.45) is 0 Å². The van der Waals surface area contributed by atoms with E-state index in [2.05, 4.69) is 5.16 Å². The number of Topliss-reactive ketones (excluding diaryl/α,β-unsaturated/α-hetero) is 1. The van der Waals surface area contributed by atoms with E-state index in [1.54, 1.807) is 49.0 Å². The Morgan fingerprint density at radius 3 is 2.34 bits per heavy atom. The maximum absolute atomic E-state index is 12.9.